The van der Waals surface area contributed by atoms with Crippen LogP contribution in [0.15, 0.2) is 60.4 Å². The number of aryl methyl sites for hydroxylation is 2. The first-order valence-corrected chi connectivity index (χ1v) is 11.4. The second-order valence-electron chi connectivity index (χ2n) is 8.56. The summed E-state index contributed by atoms with van der Waals surface area (Å²) >= 11 is 0. The van der Waals surface area contributed by atoms with Gasteiger partial charge in [0.05, 0.1) is 32.9 Å². The molecule has 1 unspecified atom stereocenters. The van der Waals surface area contributed by atoms with Crippen molar-refractivity contribution in [1.82, 2.24) is 9.88 Å². The molecule has 0 bridgehead atoms. The normalized spacial score (nSPS) is 16.8. The molecule has 8 heteroatoms. The smallest absolute Gasteiger partial charge is 0.295 e. The standard InChI is InChI=1S/C28H28N2O6/c1-16-6-7-17(2)20(12-16)25(31)23-24(19-13-21(34-3)27(36-5)22(14-19)35-4)30(28(33)26(23)32)15-18-8-10-29-11-9-18/h6-14,24,31H,15H2,1-5H3/b25-23+. The summed E-state index contributed by atoms with van der Waals surface area (Å²) in [7, 11) is 4.48. The second-order valence-corrected chi connectivity index (χ2v) is 8.56. The van der Waals surface area contributed by atoms with Crippen LogP contribution in [0, 0.1) is 13.8 Å². The van der Waals surface area contributed by atoms with Crippen molar-refractivity contribution in [2.24, 2.45) is 0 Å². The van der Waals surface area contributed by atoms with Crippen molar-refractivity contribution in [3.8, 4) is 17.2 Å². The van der Waals surface area contributed by atoms with E-state index in [1.807, 2.05) is 26.0 Å². The van der Waals surface area contributed by atoms with E-state index in [-0.39, 0.29) is 17.9 Å². The molecule has 186 valence electrons. The Hall–Kier alpha value is -4.33. The molecule has 8 nitrogen and oxygen atoms in total. The predicted molar refractivity (Wildman–Crippen MR) is 134 cm³/mol. The van der Waals surface area contributed by atoms with Gasteiger partial charge < -0.3 is 24.2 Å². The number of aliphatic hydroxyl groups is 1. The van der Waals surface area contributed by atoms with Crippen LogP contribution in [0.2, 0.25) is 0 Å². The average Bonchev–Trinajstić information content (AvgIpc) is 3.14. The summed E-state index contributed by atoms with van der Waals surface area (Å²) in [6, 6.07) is 11.6. The van der Waals surface area contributed by atoms with Crippen LogP contribution in [-0.4, -0.2) is 48.0 Å². The van der Waals surface area contributed by atoms with Crippen LogP contribution < -0.4 is 14.2 Å². The number of nitrogens with zero attached hydrogens (tertiary/aromatic N) is 2. The van der Waals surface area contributed by atoms with Crippen molar-refractivity contribution in [3.63, 3.8) is 0 Å². The lowest BCUT2D eigenvalue weighted by Gasteiger charge is -2.26. The van der Waals surface area contributed by atoms with Gasteiger partial charge in [0.2, 0.25) is 5.75 Å². The molecular weight excluding hydrogens is 460 g/mol. The Kier molecular flexibility index (Phi) is 6.96. The summed E-state index contributed by atoms with van der Waals surface area (Å²) in [5.74, 6) is -0.588. The summed E-state index contributed by atoms with van der Waals surface area (Å²) in [4.78, 5) is 32.2. The predicted octanol–water partition coefficient (Wildman–Crippen LogP) is 4.35. The van der Waals surface area contributed by atoms with E-state index in [0.717, 1.165) is 16.7 Å². The van der Waals surface area contributed by atoms with Crippen molar-refractivity contribution in [1.29, 1.82) is 0 Å². The summed E-state index contributed by atoms with van der Waals surface area (Å²) in [6.45, 7) is 3.88. The van der Waals surface area contributed by atoms with Gasteiger partial charge in [-0.05, 0) is 60.9 Å². The topological polar surface area (TPSA) is 98.2 Å². The number of carbonyl (C=O) groups excluding carboxylic acids is 2. The molecule has 2 aromatic carbocycles. The number of rotatable bonds is 7. The maximum atomic E-state index is 13.4. The van der Waals surface area contributed by atoms with Crippen LogP contribution in [0.1, 0.15) is 33.9 Å². The van der Waals surface area contributed by atoms with E-state index in [1.165, 1.54) is 26.2 Å². The summed E-state index contributed by atoms with van der Waals surface area (Å²) in [5, 5.41) is 11.5. The molecule has 0 spiro atoms. The highest BCUT2D eigenvalue weighted by Crippen LogP contribution is 2.46. The van der Waals surface area contributed by atoms with Crippen molar-refractivity contribution >= 4 is 17.4 Å². The number of benzene rings is 2. The lowest BCUT2D eigenvalue weighted by atomic mass is 9.92. The van der Waals surface area contributed by atoms with Crippen LogP contribution in [0.25, 0.3) is 5.76 Å². The van der Waals surface area contributed by atoms with Gasteiger partial charge >= 0.3 is 0 Å². The molecule has 4 rings (SSSR count). The largest absolute Gasteiger partial charge is 0.507 e. The average molecular weight is 489 g/mol. The van der Waals surface area contributed by atoms with E-state index in [4.69, 9.17) is 14.2 Å². The highest BCUT2D eigenvalue weighted by molar-refractivity contribution is 6.46. The zero-order valence-electron chi connectivity index (χ0n) is 20.9. The van der Waals surface area contributed by atoms with Crippen LogP contribution in [0.3, 0.4) is 0 Å². The Bertz CT molecular complexity index is 1320. The van der Waals surface area contributed by atoms with Crippen LogP contribution in [0.5, 0.6) is 17.2 Å². The van der Waals surface area contributed by atoms with E-state index in [9.17, 15) is 14.7 Å². The van der Waals surface area contributed by atoms with Crippen molar-refractivity contribution in [2.75, 3.05) is 21.3 Å². The molecule has 1 fully saturated rings. The number of methoxy groups -OCH3 is 3. The molecule has 36 heavy (non-hydrogen) atoms. The van der Waals surface area contributed by atoms with Crippen molar-refractivity contribution in [2.45, 2.75) is 26.4 Å². The SMILES string of the molecule is COc1cc(C2/C(=C(\O)c3cc(C)ccc3C)C(=O)C(=O)N2Cc2ccncc2)cc(OC)c1OC. The maximum Gasteiger partial charge on any atom is 0.295 e. The molecule has 1 aliphatic heterocycles. The van der Waals surface area contributed by atoms with Gasteiger partial charge in [0.1, 0.15) is 5.76 Å². The fourth-order valence-electron chi connectivity index (χ4n) is 4.47. The minimum Gasteiger partial charge on any atom is -0.507 e. The van der Waals surface area contributed by atoms with Crippen LogP contribution in [0.4, 0.5) is 0 Å². The number of amides is 1. The van der Waals surface area contributed by atoms with Gasteiger partial charge in [-0.15, -0.1) is 0 Å². The number of hydrogen-bond acceptors (Lipinski definition) is 7. The zero-order valence-corrected chi connectivity index (χ0v) is 20.9. The first-order valence-electron chi connectivity index (χ1n) is 11.4. The molecule has 0 radical (unpaired) electrons. The Labute approximate surface area is 209 Å². The van der Waals surface area contributed by atoms with Gasteiger partial charge in [0.15, 0.2) is 11.5 Å². The van der Waals surface area contributed by atoms with Crippen LogP contribution in [-0.2, 0) is 16.1 Å². The molecule has 1 saturated heterocycles. The lowest BCUT2D eigenvalue weighted by molar-refractivity contribution is -0.140. The minimum absolute atomic E-state index is 0.00275. The van der Waals surface area contributed by atoms with Gasteiger partial charge in [-0.25, -0.2) is 0 Å². The highest BCUT2D eigenvalue weighted by Gasteiger charge is 2.46. The third-order valence-electron chi connectivity index (χ3n) is 6.29. The molecular formula is C28H28N2O6. The Morgan fingerprint density at radius 1 is 0.944 bits per heavy atom. The van der Waals surface area contributed by atoms with Gasteiger partial charge in [0, 0.05) is 24.5 Å². The minimum atomic E-state index is -0.896. The fourth-order valence-corrected chi connectivity index (χ4v) is 4.47. The third-order valence-corrected chi connectivity index (χ3v) is 6.29. The number of aromatic nitrogens is 1. The summed E-state index contributed by atoms with van der Waals surface area (Å²) < 4.78 is 16.5. The van der Waals surface area contributed by atoms with E-state index in [0.29, 0.717) is 28.4 Å². The van der Waals surface area contributed by atoms with Gasteiger partial charge in [-0.1, -0.05) is 17.7 Å². The fraction of sp³-hybridized carbons (Fsp3) is 0.250. The zero-order chi connectivity index (χ0) is 26.0. The first kappa shape index (κ1) is 24.8. The Morgan fingerprint density at radius 3 is 2.17 bits per heavy atom. The Balaban J connectivity index is 1.98. The van der Waals surface area contributed by atoms with E-state index < -0.39 is 17.7 Å². The number of Topliss-reactive ketones (excluding diaryl/α,β-unsaturated/α-hetero) is 1. The number of carbonyl (C=O) groups is 2. The number of ketones is 1. The number of likely N-dealkylation sites (tertiary alicyclic amines) is 1. The number of hydrogen-bond donors (Lipinski definition) is 1. The quantitative estimate of drug-likeness (QED) is 0.300. The molecule has 2 heterocycles. The second kappa shape index (κ2) is 10.1. The summed E-state index contributed by atoms with van der Waals surface area (Å²) in [6.07, 6.45) is 3.24. The number of aliphatic hydroxyl groups excluding tert-OH is 1. The maximum absolute atomic E-state index is 13.4. The van der Waals surface area contributed by atoms with Gasteiger partial charge in [-0.2, -0.15) is 0 Å². The van der Waals surface area contributed by atoms with E-state index in [2.05, 4.69) is 4.98 Å². The first-order chi connectivity index (χ1) is 17.3. The lowest BCUT2D eigenvalue weighted by Crippen LogP contribution is -2.29. The molecule has 3 aromatic rings. The molecule has 1 amide bonds. The van der Waals surface area contributed by atoms with E-state index >= 15 is 0 Å². The monoisotopic (exact) mass is 488 g/mol. The molecule has 1 aromatic heterocycles. The molecule has 0 aliphatic carbocycles. The Morgan fingerprint density at radius 2 is 1.58 bits per heavy atom. The number of pyridine rings is 1. The molecule has 1 aliphatic rings. The van der Waals surface area contributed by atoms with Crippen LogP contribution >= 0.6 is 0 Å². The number of ether oxygens (including phenoxy) is 3. The highest BCUT2D eigenvalue weighted by atomic mass is 16.5. The third kappa shape index (κ3) is 4.37. The molecule has 1 N–H and O–H groups in total. The molecule has 0 saturated carbocycles. The summed E-state index contributed by atoms with van der Waals surface area (Å²) in [5.41, 5.74) is 3.51. The van der Waals surface area contributed by atoms with Gasteiger partial charge in [0.25, 0.3) is 11.7 Å². The van der Waals surface area contributed by atoms with Crippen molar-refractivity contribution in [3.05, 3.63) is 88.2 Å². The van der Waals surface area contributed by atoms with Gasteiger partial charge in [-0.3, -0.25) is 14.6 Å². The van der Waals surface area contributed by atoms with E-state index in [1.54, 1.807) is 42.7 Å². The van der Waals surface area contributed by atoms with Crippen molar-refractivity contribution < 1.29 is 28.9 Å². The molecule has 1 atom stereocenters.